The molecule has 0 aliphatic heterocycles. The summed E-state index contributed by atoms with van der Waals surface area (Å²) >= 11 is 0. The Morgan fingerprint density at radius 1 is 1.21 bits per heavy atom. The van der Waals surface area contributed by atoms with Crippen molar-refractivity contribution in [3.8, 4) is 6.01 Å². The van der Waals surface area contributed by atoms with Crippen molar-refractivity contribution in [1.82, 2.24) is 24.7 Å². The second-order valence-electron chi connectivity index (χ2n) is 9.06. The topological polar surface area (TPSA) is 138 Å². The summed E-state index contributed by atoms with van der Waals surface area (Å²) in [5.41, 5.74) is 0.840. The maximum atomic E-state index is 14.2. The zero-order valence-electron chi connectivity index (χ0n) is 18.6. The molecule has 1 saturated carbocycles. The fraction of sp³-hybridized carbons (Fsp3) is 0.429. The Kier molecular flexibility index (Phi) is 6.06. The molecule has 0 amide bonds. The van der Waals surface area contributed by atoms with Crippen LogP contribution in [0.3, 0.4) is 0 Å². The molecule has 12 heteroatoms. The van der Waals surface area contributed by atoms with E-state index in [0.29, 0.717) is 6.01 Å². The van der Waals surface area contributed by atoms with Gasteiger partial charge >= 0.3 is 6.01 Å². The quantitative estimate of drug-likeness (QED) is 0.555. The highest BCUT2D eigenvalue weighted by molar-refractivity contribution is 7.89. The molecule has 0 saturated heterocycles. The summed E-state index contributed by atoms with van der Waals surface area (Å²) in [4.78, 5) is 8.25. The van der Waals surface area contributed by atoms with Crippen molar-refractivity contribution in [3.63, 3.8) is 0 Å². The molecule has 1 aliphatic carbocycles. The number of benzene rings is 1. The highest BCUT2D eigenvalue weighted by Crippen LogP contribution is 2.36. The third-order valence-electron chi connectivity index (χ3n) is 5.55. The Labute approximate surface area is 191 Å². The molecule has 0 spiro atoms. The number of aromatic nitrogens is 5. The molecule has 2 atom stereocenters. The lowest BCUT2D eigenvalue weighted by atomic mass is 10.0. The predicted molar refractivity (Wildman–Crippen MR) is 119 cm³/mol. The molecule has 1 fully saturated rings. The monoisotopic (exact) mass is 475 g/mol. The molecule has 3 N–H and O–H groups in total. The van der Waals surface area contributed by atoms with E-state index in [4.69, 9.17) is 9.88 Å². The Bertz CT molecular complexity index is 1240. The standard InChI is InChI=1S/C21H26FN7O3S/c1-21(2,3)29-12-26-28-20(29)32-15-5-4-13(8-15)14-10-24-19(25-11-14)27-18-7-6-16(9-17(18)22)33(23,30)31/h6-7,9-13,15H,4-5,8H2,1-3H3,(H2,23,30,31)(H,24,25,27)/t13-,15+/m1/s1. The summed E-state index contributed by atoms with van der Waals surface area (Å²) in [5, 5.41) is 15.9. The van der Waals surface area contributed by atoms with E-state index in [2.05, 4.69) is 46.3 Å². The van der Waals surface area contributed by atoms with Crippen LogP contribution in [0, 0.1) is 5.82 Å². The van der Waals surface area contributed by atoms with Crippen LogP contribution in [0.4, 0.5) is 16.0 Å². The van der Waals surface area contributed by atoms with Gasteiger partial charge < -0.3 is 10.1 Å². The molecule has 0 radical (unpaired) electrons. The minimum absolute atomic E-state index is 0.0181. The molecular weight excluding hydrogens is 449 g/mol. The van der Waals surface area contributed by atoms with Crippen molar-refractivity contribution < 1.29 is 17.5 Å². The van der Waals surface area contributed by atoms with Gasteiger partial charge in [0, 0.05) is 17.9 Å². The van der Waals surface area contributed by atoms with Gasteiger partial charge in [-0.2, -0.15) is 0 Å². The van der Waals surface area contributed by atoms with Crippen molar-refractivity contribution in [1.29, 1.82) is 0 Å². The van der Waals surface area contributed by atoms with Crippen LogP contribution in [0.25, 0.3) is 0 Å². The summed E-state index contributed by atoms with van der Waals surface area (Å²) in [5.74, 6) is -0.334. The van der Waals surface area contributed by atoms with Gasteiger partial charge in [-0.25, -0.2) is 27.9 Å². The van der Waals surface area contributed by atoms with E-state index < -0.39 is 15.8 Å². The highest BCUT2D eigenvalue weighted by atomic mass is 32.2. The van der Waals surface area contributed by atoms with Crippen LogP contribution in [-0.4, -0.2) is 39.3 Å². The van der Waals surface area contributed by atoms with Crippen molar-refractivity contribution in [2.45, 2.75) is 62.5 Å². The predicted octanol–water partition coefficient (Wildman–Crippen LogP) is 3.07. The third kappa shape index (κ3) is 5.28. The van der Waals surface area contributed by atoms with Crippen LogP contribution in [0.5, 0.6) is 6.01 Å². The van der Waals surface area contributed by atoms with E-state index in [1.54, 1.807) is 18.7 Å². The van der Waals surface area contributed by atoms with Crippen LogP contribution in [0.15, 0.2) is 41.8 Å². The maximum absolute atomic E-state index is 14.2. The van der Waals surface area contributed by atoms with Gasteiger partial charge in [-0.05, 0) is 69.7 Å². The first kappa shape index (κ1) is 23.1. The molecule has 1 aromatic carbocycles. The number of ether oxygens (including phenoxy) is 1. The van der Waals surface area contributed by atoms with E-state index in [9.17, 15) is 12.8 Å². The number of sulfonamides is 1. The van der Waals surface area contributed by atoms with Gasteiger partial charge in [0.25, 0.3) is 0 Å². The number of halogens is 1. The number of nitrogens with one attached hydrogen (secondary N) is 1. The minimum Gasteiger partial charge on any atom is -0.460 e. The molecular formula is C21H26FN7O3S. The summed E-state index contributed by atoms with van der Waals surface area (Å²) in [6.07, 6.45) is 7.71. The number of rotatable bonds is 6. The minimum atomic E-state index is -3.98. The molecule has 4 rings (SSSR count). The van der Waals surface area contributed by atoms with Crippen LogP contribution in [0.1, 0.15) is 51.5 Å². The van der Waals surface area contributed by atoms with E-state index in [1.807, 2.05) is 4.57 Å². The molecule has 1 aliphatic rings. The molecule has 0 bridgehead atoms. The average Bonchev–Trinajstić information content (AvgIpc) is 3.39. The average molecular weight is 476 g/mol. The number of primary sulfonamides is 1. The van der Waals surface area contributed by atoms with Crippen LogP contribution < -0.4 is 15.2 Å². The number of anilines is 2. The second-order valence-corrected chi connectivity index (χ2v) is 10.6. The number of hydrogen-bond acceptors (Lipinski definition) is 8. The molecule has 2 heterocycles. The summed E-state index contributed by atoms with van der Waals surface area (Å²) in [6.45, 7) is 6.19. The molecule has 3 aromatic rings. The Balaban J connectivity index is 1.39. The highest BCUT2D eigenvalue weighted by Gasteiger charge is 2.30. The van der Waals surface area contributed by atoms with Gasteiger partial charge in [-0.1, -0.05) is 5.10 Å². The Hall–Kier alpha value is -3.12. The largest absolute Gasteiger partial charge is 0.460 e. The van der Waals surface area contributed by atoms with Crippen molar-refractivity contribution in [2.24, 2.45) is 5.14 Å². The summed E-state index contributed by atoms with van der Waals surface area (Å²) in [6, 6.07) is 3.86. The third-order valence-corrected chi connectivity index (χ3v) is 6.47. The lowest BCUT2D eigenvalue weighted by Gasteiger charge is -2.23. The second kappa shape index (κ2) is 8.67. The normalized spacial score (nSPS) is 18.9. The lowest BCUT2D eigenvalue weighted by Crippen LogP contribution is -2.24. The van der Waals surface area contributed by atoms with E-state index in [1.165, 1.54) is 12.1 Å². The zero-order valence-corrected chi connectivity index (χ0v) is 19.4. The van der Waals surface area contributed by atoms with Gasteiger partial charge in [-0.3, -0.25) is 4.57 Å². The Morgan fingerprint density at radius 2 is 1.94 bits per heavy atom. The zero-order chi connectivity index (χ0) is 23.8. The van der Waals surface area contributed by atoms with Crippen molar-refractivity contribution >= 4 is 21.7 Å². The number of nitrogens with two attached hydrogens (primary N) is 1. The van der Waals surface area contributed by atoms with Crippen LogP contribution in [-0.2, 0) is 15.6 Å². The number of hydrogen-bond donors (Lipinski definition) is 2. The van der Waals surface area contributed by atoms with Gasteiger partial charge in [0.15, 0.2) is 0 Å². The van der Waals surface area contributed by atoms with Gasteiger partial charge in [0.1, 0.15) is 18.2 Å². The maximum Gasteiger partial charge on any atom is 0.317 e. The number of nitrogens with zero attached hydrogens (tertiary/aromatic N) is 5. The van der Waals surface area contributed by atoms with Crippen LogP contribution in [0.2, 0.25) is 0 Å². The summed E-state index contributed by atoms with van der Waals surface area (Å²) < 4.78 is 44.9. The molecule has 176 valence electrons. The first-order valence-electron chi connectivity index (χ1n) is 10.5. The first-order chi connectivity index (χ1) is 15.5. The SMILES string of the molecule is CC(C)(C)n1cnnc1O[C@H]1CC[C@@H](c2cnc(Nc3ccc(S(N)(=O)=O)cc3F)nc2)C1. The van der Waals surface area contributed by atoms with Gasteiger partial charge in [-0.15, -0.1) is 5.10 Å². The van der Waals surface area contributed by atoms with E-state index in [-0.39, 0.29) is 34.1 Å². The van der Waals surface area contributed by atoms with Gasteiger partial charge in [0.2, 0.25) is 16.0 Å². The van der Waals surface area contributed by atoms with Crippen molar-refractivity contribution in [3.05, 3.63) is 48.3 Å². The van der Waals surface area contributed by atoms with Crippen LogP contribution >= 0.6 is 0 Å². The molecule has 10 nitrogen and oxygen atoms in total. The summed E-state index contributed by atoms with van der Waals surface area (Å²) in [7, 11) is -3.98. The molecule has 33 heavy (non-hydrogen) atoms. The van der Waals surface area contributed by atoms with Gasteiger partial charge in [0.05, 0.1) is 10.6 Å². The fourth-order valence-corrected chi connectivity index (χ4v) is 4.30. The molecule has 0 unspecified atom stereocenters. The van der Waals surface area contributed by atoms with E-state index >= 15 is 0 Å². The van der Waals surface area contributed by atoms with Crippen molar-refractivity contribution in [2.75, 3.05) is 5.32 Å². The molecule has 2 aromatic heterocycles. The lowest BCUT2D eigenvalue weighted by molar-refractivity contribution is 0.168. The first-order valence-corrected chi connectivity index (χ1v) is 12.0. The smallest absolute Gasteiger partial charge is 0.317 e. The Morgan fingerprint density at radius 3 is 2.58 bits per heavy atom. The van der Waals surface area contributed by atoms with E-state index in [0.717, 1.165) is 30.9 Å². The fourth-order valence-electron chi connectivity index (χ4n) is 3.77.